The molecule has 25 unspecified atom stereocenters. The number of carbonyl (C=O) groups is 1. The van der Waals surface area contributed by atoms with Gasteiger partial charge in [-0.3, -0.25) is 4.79 Å². The lowest BCUT2D eigenvalue weighted by Gasteiger charge is -2.65. The van der Waals surface area contributed by atoms with Crippen molar-refractivity contribution in [2.75, 3.05) is 33.0 Å². The summed E-state index contributed by atoms with van der Waals surface area (Å²) in [5, 5.41) is 180. The van der Waals surface area contributed by atoms with Crippen molar-refractivity contribution >= 4 is 5.97 Å². The summed E-state index contributed by atoms with van der Waals surface area (Å²) in [6, 6.07) is 0. The quantitative estimate of drug-likeness (QED) is 0.0289. The van der Waals surface area contributed by atoms with Gasteiger partial charge in [0.15, 0.2) is 31.3 Å². The van der Waals surface area contributed by atoms with Gasteiger partial charge in [0, 0.05) is 0 Å². The van der Waals surface area contributed by atoms with Crippen LogP contribution in [0.1, 0.15) is 92.9 Å². The number of hydrogen-bond acceptors (Lipinski definition) is 28. The predicted octanol–water partition coefficient (Wildman–Crippen LogP) is -5.63. The van der Waals surface area contributed by atoms with Gasteiger partial charge in [-0.2, -0.15) is 0 Å². The molecule has 0 aromatic heterocycles. The van der Waals surface area contributed by atoms with Crippen molar-refractivity contribution < 1.29 is 139 Å². The van der Waals surface area contributed by atoms with Crippen molar-refractivity contribution in [1.29, 1.82) is 0 Å². The third kappa shape index (κ3) is 12.9. The van der Waals surface area contributed by atoms with E-state index in [-0.39, 0.29) is 11.8 Å². The molecule has 3 aliphatic carbocycles. The molecule has 28 heteroatoms. The zero-order valence-electron chi connectivity index (χ0n) is 46.6. The molecule has 81 heavy (non-hydrogen) atoms. The van der Waals surface area contributed by atoms with Crippen LogP contribution < -0.4 is 0 Å². The van der Waals surface area contributed by atoms with E-state index in [0.29, 0.717) is 50.5 Å². The van der Waals surface area contributed by atoms with Crippen molar-refractivity contribution in [3.05, 3.63) is 12.2 Å². The van der Waals surface area contributed by atoms with Crippen LogP contribution >= 0.6 is 0 Å². The fraction of sp³-hybridized carbons (Fsp3) is 0.943. The van der Waals surface area contributed by atoms with E-state index in [0.717, 1.165) is 6.42 Å². The summed E-state index contributed by atoms with van der Waals surface area (Å²) in [6.45, 7) is 11.0. The van der Waals surface area contributed by atoms with Gasteiger partial charge in [-0.25, -0.2) is 0 Å². The molecule has 0 spiro atoms. The molecule has 31 atom stereocenters. The molecule has 4 saturated heterocycles. The van der Waals surface area contributed by atoms with Gasteiger partial charge >= 0.3 is 5.97 Å². The van der Waals surface area contributed by atoms with Crippen LogP contribution in [0, 0.1) is 28.1 Å². The number of rotatable bonds is 21. The van der Waals surface area contributed by atoms with Crippen LogP contribution in [0.15, 0.2) is 12.2 Å². The Kier molecular flexibility index (Phi) is 21.9. The Bertz CT molecular complexity index is 2060. The topological polar surface area (TPSA) is 453 Å². The lowest BCUT2D eigenvalue weighted by atomic mass is 9.40. The largest absolute Gasteiger partial charge is 0.432 e. The third-order valence-corrected chi connectivity index (χ3v) is 19.0. The minimum atomic E-state index is -1.97. The fourth-order valence-corrected chi connectivity index (χ4v) is 14.4. The van der Waals surface area contributed by atoms with Crippen LogP contribution in [0.2, 0.25) is 0 Å². The van der Waals surface area contributed by atoms with Crippen LogP contribution in [-0.2, 0) is 52.2 Å². The number of aliphatic hydroxyl groups excluding tert-OH is 17. The first kappa shape index (κ1) is 66.7. The maximum Gasteiger partial charge on any atom is 0.314 e. The van der Waals surface area contributed by atoms with Crippen LogP contribution in [-0.4, -0.2) is 285 Å². The van der Waals surface area contributed by atoms with Gasteiger partial charge in [-0.15, -0.1) is 0 Å². The van der Waals surface area contributed by atoms with Gasteiger partial charge < -0.3 is 134 Å². The Hall–Kier alpha value is -1.83. The molecular weight excluding hydrogens is 1080 g/mol. The van der Waals surface area contributed by atoms with E-state index < -0.39 is 214 Å². The molecule has 7 fully saturated rings. The second-order valence-corrected chi connectivity index (χ2v) is 24.3. The van der Waals surface area contributed by atoms with Crippen molar-refractivity contribution in [3.8, 4) is 0 Å². The van der Waals surface area contributed by atoms with Crippen LogP contribution in [0.4, 0.5) is 0 Å². The van der Waals surface area contributed by atoms with E-state index in [4.69, 9.17) is 47.4 Å². The van der Waals surface area contributed by atoms with Crippen molar-refractivity contribution in [2.45, 2.75) is 252 Å². The highest BCUT2D eigenvalue weighted by molar-refractivity contribution is 5.77. The molecule has 470 valence electrons. The molecule has 28 nitrogen and oxygen atoms in total. The lowest BCUT2D eigenvalue weighted by molar-refractivity contribution is -0.363. The fourth-order valence-electron chi connectivity index (χ4n) is 14.4. The minimum Gasteiger partial charge on any atom is -0.432 e. The second kappa shape index (κ2) is 26.6. The number of fused-ring (bicyclic) bond motifs is 3. The van der Waals surface area contributed by atoms with Gasteiger partial charge in [0.1, 0.15) is 110 Å². The van der Waals surface area contributed by atoms with Gasteiger partial charge in [-0.1, -0.05) is 26.8 Å². The molecule has 7 aliphatic rings. The maximum absolute atomic E-state index is 14.8. The van der Waals surface area contributed by atoms with Gasteiger partial charge in [0.2, 0.25) is 6.29 Å². The highest BCUT2D eigenvalue weighted by Crippen LogP contribution is 2.69. The minimum absolute atomic E-state index is 0.00932. The Balaban J connectivity index is 1.07. The molecule has 7 rings (SSSR count). The summed E-state index contributed by atoms with van der Waals surface area (Å²) in [5.74, 6) is -1.00. The second-order valence-electron chi connectivity index (χ2n) is 24.3. The molecule has 17 N–H and O–H groups in total. The first-order chi connectivity index (χ1) is 38.0. The van der Waals surface area contributed by atoms with Crippen LogP contribution in [0.25, 0.3) is 0 Å². The monoisotopic (exact) mass is 1170 g/mol. The Morgan fingerprint density at radius 1 is 0.593 bits per heavy atom. The predicted molar refractivity (Wildman–Crippen MR) is 270 cm³/mol. The van der Waals surface area contributed by atoms with E-state index in [1.165, 1.54) is 6.92 Å². The van der Waals surface area contributed by atoms with Crippen LogP contribution in [0.3, 0.4) is 0 Å². The van der Waals surface area contributed by atoms with Gasteiger partial charge in [0.05, 0.1) is 50.2 Å². The zero-order chi connectivity index (χ0) is 60.0. The maximum atomic E-state index is 14.8. The molecule has 4 heterocycles. The summed E-state index contributed by atoms with van der Waals surface area (Å²) in [5.41, 5.74) is -2.50. The summed E-state index contributed by atoms with van der Waals surface area (Å²) in [4.78, 5) is 14.8. The normalized spacial score (nSPS) is 48.6. The smallest absolute Gasteiger partial charge is 0.314 e. The standard InChI is InChI=1S/C53H90O28/c1-21(2)53(81-23(4)73-28(19-58)35(63)43(78-46-41(69)37(65)32(60)25(16-55)75-46)22(3)72-45-40(68)36(64)31(59)24(15-54)74-45)14-10-29-50(5,20-53)13-9-30-51(29,6)11-8-12-52(30,7)49(71)80-48-44(39(67)34(62)27(18-57)77-48)79-47-42(70)38(66)33(61)26(17-56)76-47/h22-48,54-70H,1,8-20H2,2-7H3/t22?,23?,24?,25?,26?,27?,28?,29-,30+,31?,32?,33?,34?,35?,36?,37?,38?,39?,40?,41?,42?,43?,44?,45?,46?,47?,48?,50+,51+,52-,53+/m1/s1. The van der Waals surface area contributed by atoms with Crippen molar-refractivity contribution in [3.63, 3.8) is 0 Å². The Morgan fingerprint density at radius 3 is 1.57 bits per heavy atom. The van der Waals surface area contributed by atoms with Crippen molar-refractivity contribution in [1.82, 2.24) is 0 Å². The number of esters is 1. The number of aliphatic hydroxyl groups is 17. The molecule has 3 saturated carbocycles. The van der Waals surface area contributed by atoms with E-state index in [2.05, 4.69) is 20.4 Å². The lowest BCUT2D eigenvalue weighted by Crippen LogP contribution is -2.65. The average Bonchev–Trinajstić information content (AvgIpc) is 3.62. The van der Waals surface area contributed by atoms with Gasteiger partial charge in [0.25, 0.3) is 0 Å². The molecule has 0 radical (unpaired) electrons. The van der Waals surface area contributed by atoms with E-state index in [1.807, 2.05) is 13.8 Å². The molecule has 0 aromatic carbocycles. The zero-order valence-corrected chi connectivity index (χ0v) is 46.6. The molecule has 0 amide bonds. The molecular formula is C53H90O28. The van der Waals surface area contributed by atoms with E-state index in [1.54, 1.807) is 6.92 Å². The Morgan fingerprint density at radius 2 is 1.06 bits per heavy atom. The van der Waals surface area contributed by atoms with E-state index >= 15 is 0 Å². The highest BCUT2D eigenvalue weighted by Gasteiger charge is 2.65. The first-order valence-electron chi connectivity index (χ1n) is 28.0. The number of carbonyl (C=O) groups excluding carboxylic acids is 1. The summed E-state index contributed by atoms with van der Waals surface area (Å²) >= 11 is 0. The number of ether oxygens (including phenoxy) is 10. The molecule has 4 aliphatic heterocycles. The molecule has 0 bridgehead atoms. The summed E-state index contributed by atoms with van der Waals surface area (Å²) in [6.07, 6.45) is -38.7. The summed E-state index contributed by atoms with van der Waals surface area (Å²) in [7, 11) is 0. The number of hydrogen-bond donors (Lipinski definition) is 17. The third-order valence-electron chi connectivity index (χ3n) is 19.0. The summed E-state index contributed by atoms with van der Waals surface area (Å²) < 4.78 is 59.3. The van der Waals surface area contributed by atoms with E-state index in [9.17, 15) is 91.6 Å². The first-order valence-corrected chi connectivity index (χ1v) is 28.0. The molecule has 0 aromatic rings. The average molecular weight is 1180 g/mol. The Labute approximate surface area is 469 Å². The highest BCUT2D eigenvalue weighted by atomic mass is 16.8. The SMILES string of the molecule is C=C(C)[C@]1(OC(C)OC(CO)C(O)C(OC2OC(CO)C(O)C(O)C2O)C(C)OC2OC(CO)C(O)C(O)C2O)CC[C@@H]2[C@@](C)(CC[C@H]3[C@@]2(C)CCC[C@@]3(C)C(=O)OC2OC(CO)C(O)C(O)C2OC2OC(CO)C(O)C(O)C2O)C1. The van der Waals surface area contributed by atoms with Crippen LogP contribution in [0.5, 0.6) is 0 Å². The van der Waals surface area contributed by atoms with Gasteiger partial charge in [-0.05, 0) is 101 Å². The van der Waals surface area contributed by atoms with Crippen molar-refractivity contribution in [2.24, 2.45) is 28.1 Å².